The van der Waals surface area contributed by atoms with Crippen LogP contribution in [-0.2, 0) is 49.4 Å². The van der Waals surface area contributed by atoms with Crippen LogP contribution in [-0.4, -0.2) is 6.15 Å². The molecule has 0 aromatic heterocycles. The molecule has 0 amide bonds. The third kappa shape index (κ3) is 9.99. The molecule has 312 valence electrons. The number of alkyl halides is 24. The summed E-state index contributed by atoms with van der Waals surface area (Å²) in [6.45, 7) is 0. The molecule has 0 bridgehead atoms. The van der Waals surface area contributed by atoms with Gasteiger partial charge in [0.05, 0.1) is 44.5 Å². The van der Waals surface area contributed by atoms with Gasteiger partial charge >= 0.3 is 68.3 Å². The van der Waals surface area contributed by atoms with Crippen LogP contribution in [0.25, 0.3) is 0 Å². The molecule has 0 heterocycles. The molecule has 0 N–H and O–H groups in total. The maximum Gasteiger partial charge on any atom is 1.00 e. The summed E-state index contributed by atoms with van der Waals surface area (Å²) in [7, 11) is 0. The molecule has 0 unspecified atom stereocenters. The number of hydrogen-bond donors (Lipinski definition) is 0. The molecule has 0 fully saturated rings. The van der Waals surface area contributed by atoms with E-state index in [1.54, 1.807) is 0 Å². The Morgan fingerprint density at radius 2 is 0.310 bits per heavy atom. The predicted octanol–water partition coefficient (Wildman–Crippen LogP) is 8.22. The molecule has 26 heteroatoms. The average molecular weight is 870 g/mol. The van der Waals surface area contributed by atoms with Gasteiger partial charge in [0.2, 0.25) is 0 Å². The SMILES string of the molecule is FC(F)(F)c1cc([B-](c2cc(C(F)(F)F)cc(C(F)(F)F)c2)(c2cc(C(F)(F)F)cc(C(F)(F)F)c2)c2cc(C(F)(F)F)cc(C(F)(F)F)c2)cc(C(F)(F)F)c1.[Li+]. The quantitative estimate of drug-likeness (QED) is 0.143. The molecule has 0 aliphatic heterocycles. The van der Waals surface area contributed by atoms with Gasteiger partial charge in [-0.1, -0.05) is 48.5 Å². The van der Waals surface area contributed by atoms with Gasteiger partial charge in [-0.25, -0.2) is 0 Å². The summed E-state index contributed by atoms with van der Waals surface area (Å²) in [6, 6.07) is -8.81. The van der Waals surface area contributed by atoms with Gasteiger partial charge in [0, 0.05) is 0 Å². The Hall–Kier alpha value is -4.14. The van der Waals surface area contributed by atoms with Gasteiger partial charge in [-0.15, -0.1) is 0 Å². The minimum atomic E-state index is -6.13. The maximum absolute atomic E-state index is 14.2. The maximum atomic E-state index is 14.2. The first-order valence-corrected chi connectivity index (χ1v) is 14.6. The van der Waals surface area contributed by atoms with Crippen LogP contribution in [0, 0.1) is 0 Å². The van der Waals surface area contributed by atoms with Crippen molar-refractivity contribution < 1.29 is 124 Å². The van der Waals surface area contributed by atoms with Crippen LogP contribution in [0.3, 0.4) is 0 Å². The zero-order valence-corrected chi connectivity index (χ0v) is 27.6. The Bertz CT molecular complexity index is 1700. The second kappa shape index (κ2) is 14.8. The van der Waals surface area contributed by atoms with Crippen LogP contribution in [0.4, 0.5) is 105 Å². The molecular weight excluding hydrogens is 858 g/mol. The molecule has 4 aromatic rings. The molecule has 0 radical (unpaired) electrons. The van der Waals surface area contributed by atoms with Crippen molar-refractivity contribution in [2.75, 3.05) is 0 Å². The first kappa shape index (κ1) is 48.2. The van der Waals surface area contributed by atoms with Gasteiger partial charge in [0.1, 0.15) is 6.15 Å². The Kier molecular flexibility index (Phi) is 12.3. The number of benzene rings is 4. The Labute approximate surface area is 318 Å². The summed E-state index contributed by atoms with van der Waals surface area (Å²) in [4.78, 5) is 0. The van der Waals surface area contributed by atoms with E-state index in [2.05, 4.69) is 0 Å². The van der Waals surface area contributed by atoms with E-state index in [0.29, 0.717) is 0 Å². The molecule has 58 heavy (non-hydrogen) atoms. The fourth-order valence-corrected chi connectivity index (χ4v) is 6.07. The minimum Gasteiger partial charge on any atom is -0.194 e. The van der Waals surface area contributed by atoms with Crippen molar-refractivity contribution in [3.63, 3.8) is 0 Å². The van der Waals surface area contributed by atoms with E-state index in [1.807, 2.05) is 0 Å². The summed E-state index contributed by atoms with van der Waals surface area (Å²) < 4.78 is 341. The van der Waals surface area contributed by atoms with Crippen molar-refractivity contribution in [3.05, 3.63) is 117 Å². The Balaban J connectivity index is 0.00000900. The van der Waals surface area contributed by atoms with E-state index in [-0.39, 0.29) is 18.9 Å². The largest absolute Gasteiger partial charge is 1.00 e. The second-order valence-electron chi connectivity index (χ2n) is 12.2. The Morgan fingerprint density at radius 3 is 0.397 bits per heavy atom. The molecule has 4 aromatic carbocycles. The normalized spacial score (nSPS) is 14.1. The van der Waals surface area contributed by atoms with Crippen molar-refractivity contribution in [3.8, 4) is 0 Å². The van der Waals surface area contributed by atoms with E-state index in [4.69, 9.17) is 0 Å². The molecule has 0 spiro atoms. The van der Waals surface area contributed by atoms with Crippen LogP contribution in [0.2, 0.25) is 0 Å². The second-order valence-corrected chi connectivity index (χ2v) is 12.2. The fourth-order valence-electron chi connectivity index (χ4n) is 6.07. The molecular formula is C32H12BF24Li. The molecule has 0 aliphatic rings. The van der Waals surface area contributed by atoms with Crippen LogP contribution in [0.1, 0.15) is 44.5 Å². The van der Waals surface area contributed by atoms with Crippen LogP contribution in [0.15, 0.2) is 72.8 Å². The molecule has 0 nitrogen and oxygen atoms in total. The van der Waals surface area contributed by atoms with Gasteiger partial charge in [-0.2, -0.15) is 127 Å². The summed E-state index contributed by atoms with van der Waals surface area (Å²) in [5.41, 5.74) is -30.2. The van der Waals surface area contributed by atoms with Gasteiger partial charge in [-0.05, 0) is 24.3 Å². The van der Waals surface area contributed by atoms with Gasteiger partial charge in [-0.3, -0.25) is 0 Å². The molecule has 0 atom stereocenters. The van der Waals surface area contributed by atoms with Gasteiger partial charge in [0.15, 0.2) is 0 Å². The van der Waals surface area contributed by atoms with Crippen molar-refractivity contribution in [2.24, 2.45) is 0 Å². The zero-order valence-electron chi connectivity index (χ0n) is 27.6. The summed E-state index contributed by atoms with van der Waals surface area (Å²) in [5, 5.41) is 0. The van der Waals surface area contributed by atoms with E-state index >= 15 is 0 Å². The first-order valence-electron chi connectivity index (χ1n) is 14.6. The van der Waals surface area contributed by atoms with Crippen LogP contribution < -0.4 is 40.7 Å². The standard InChI is InChI=1S/C32H12BF24.Li/c34-25(35,36)13-1-14(26(37,38)39)6-21(5-13)33(22-7-15(27(40,41)42)2-16(8-22)28(43,44)45,23-9-17(29(46,47)48)3-18(10-23)30(49,50)51)24-11-19(31(52,53)54)4-20(12-24)32(55,56)57;/h1-12H;/q-1;+1. The molecule has 0 saturated heterocycles. The van der Waals surface area contributed by atoms with E-state index in [9.17, 15) is 105 Å². The number of rotatable bonds is 4. The van der Waals surface area contributed by atoms with Gasteiger partial charge in [0.25, 0.3) is 0 Å². The summed E-state index contributed by atoms with van der Waals surface area (Å²) >= 11 is 0. The zero-order chi connectivity index (χ0) is 43.9. The molecule has 0 saturated carbocycles. The van der Waals surface area contributed by atoms with E-state index < -0.39 is 195 Å². The fraction of sp³-hybridized carbons (Fsp3) is 0.250. The van der Waals surface area contributed by atoms with Crippen molar-refractivity contribution >= 4 is 28.0 Å². The van der Waals surface area contributed by atoms with Crippen molar-refractivity contribution in [1.82, 2.24) is 0 Å². The molecule has 0 aliphatic carbocycles. The van der Waals surface area contributed by atoms with Crippen LogP contribution >= 0.6 is 0 Å². The predicted molar refractivity (Wildman–Crippen MR) is 150 cm³/mol. The van der Waals surface area contributed by atoms with E-state index in [0.717, 1.165) is 0 Å². The third-order valence-electron chi connectivity index (χ3n) is 8.44. The van der Waals surface area contributed by atoms with Gasteiger partial charge < -0.3 is 0 Å². The van der Waals surface area contributed by atoms with Crippen molar-refractivity contribution in [2.45, 2.75) is 49.4 Å². The monoisotopic (exact) mass is 870 g/mol. The summed E-state index contributed by atoms with van der Waals surface area (Å²) in [5.74, 6) is 0. The molecule has 4 rings (SSSR count). The summed E-state index contributed by atoms with van der Waals surface area (Å²) in [6.07, 6.45) is -54.8. The third-order valence-corrected chi connectivity index (χ3v) is 8.44. The smallest absolute Gasteiger partial charge is 0.194 e. The average Bonchev–Trinajstić information content (AvgIpc) is 3.01. The van der Waals surface area contributed by atoms with Crippen LogP contribution in [0.5, 0.6) is 0 Å². The number of hydrogen-bond acceptors (Lipinski definition) is 0. The first-order chi connectivity index (χ1) is 25.3. The van der Waals surface area contributed by atoms with Crippen molar-refractivity contribution in [1.29, 1.82) is 0 Å². The number of halogens is 24. The Morgan fingerprint density at radius 1 is 0.207 bits per heavy atom. The minimum absolute atomic E-state index is 0. The van der Waals surface area contributed by atoms with E-state index in [1.165, 1.54) is 0 Å². The topological polar surface area (TPSA) is 0 Å².